The van der Waals surface area contributed by atoms with Crippen molar-refractivity contribution in [2.75, 3.05) is 24.3 Å². The average molecular weight is 306 g/mol. The zero-order chi connectivity index (χ0) is 16.1. The van der Waals surface area contributed by atoms with Crippen molar-refractivity contribution in [1.29, 1.82) is 0 Å². The van der Waals surface area contributed by atoms with Crippen LogP contribution in [-0.4, -0.2) is 26.6 Å². The molecule has 1 N–H and O–H groups in total. The Morgan fingerprint density at radius 2 is 1.86 bits per heavy atom. The molecule has 0 radical (unpaired) electrons. The molecule has 0 atom stereocenters. The van der Waals surface area contributed by atoms with Crippen LogP contribution in [0, 0.1) is 0 Å². The molecule has 2 aromatic carbocycles. The van der Waals surface area contributed by atoms with Gasteiger partial charge in [-0.25, -0.2) is 0 Å². The number of rotatable bonds is 5. The van der Waals surface area contributed by atoms with E-state index in [1.54, 1.807) is 30.3 Å². The Balaban J connectivity index is 2.20. The van der Waals surface area contributed by atoms with Gasteiger partial charge in [0.05, 0.1) is 5.69 Å². The first-order valence-corrected chi connectivity index (χ1v) is 6.60. The quantitative estimate of drug-likeness (QED) is 0.917. The van der Waals surface area contributed by atoms with E-state index in [1.165, 1.54) is 12.1 Å². The molecule has 2 rings (SSSR count). The number of ether oxygens (including phenoxy) is 1. The predicted molar refractivity (Wildman–Crippen MR) is 81.8 cm³/mol. The van der Waals surface area contributed by atoms with E-state index in [4.69, 9.17) is 0 Å². The molecule has 22 heavy (non-hydrogen) atoms. The van der Waals surface area contributed by atoms with E-state index in [2.05, 4.69) is 10.1 Å². The Hall–Kier alpha value is -2.63. The predicted octanol–water partition coefficient (Wildman–Crippen LogP) is 3.61. The first-order chi connectivity index (χ1) is 10.5. The Bertz CT molecular complexity index is 660. The van der Waals surface area contributed by atoms with Crippen molar-refractivity contribution in [3.05, 3.63) is 54.1 Å². The lowest BCUT2D eigenvalue weighted by Crippen LogP contribution is -2.15. The van der Waals surface area contributed by atoms with Gasteiger partial charge in [-0.3, -0.25) is 4.79 Å². The van der Waals surface area contributed by atoms with Crippen LogP contribution in [0.25, 0.3) is 0 Å². The van der Waals surface area contributed by atoms with Crippen molar-refractivity contribution in [1.82, 2.24) is 0 Å². The summed E-state index contributed by atoms with van der Waals surface area (Å²) in [5.74, 6) is -0.469. The molecule has 0 saturated carbocycles. The standard InChI is InChI=1S/C16H16F2N2O2/c1-20(2)12-7-5-6-11(10-12)15(21)19-13-8-3-4-9-14(13)22-16(17)18/h3-10,16H,1-2H3,(H,19,21). The minimum Gasteiger partial charge on any atom is -0.433 e. The highest BCUT2D eigenvalue weighted by atomic mass is 19.3. The Morgan fingerprint density at radius 3 is 2.55 bits per heavy atom. The van der Waals surface area contributed by atoms with Gasteiger partial charge in [-0.1, -0.05) is 18.2 Å². The van der Waals surface area contributed by atoms with Crippen molar-refractivity contribution in [2.45, 2.75) is 6.61 Å². The molecule has 0 spiro atoms. The van der Waals surface area contributed by atoms with E-state index in [-0.39, 0.29) is 11.4 Å². The van der Waals surface area contributed by atoms with E-state index in [9.17, 15) is 13.6 Å². The maximum absolute atomic E-state index is 12.4. The topological polar surface area (TPSA) is 41.6 Å². The van der Waals surface area contributed by atoms with Gasteiger partial charge in [0.2, 0.25) is 0 Å². The van der Waals surface area contributed by atoms with Crippen LogP contribution < -0.4 is 15.0 Å². The molecule has 0 aliphatic rings. The van der Waals surface area contributed by atoms with Crippen molar-refractivity contribution >= 4 is 17.3 Å². The molecule has 1 amide bonds. The summed E-state index contributed by atoms with van der Waals surface area (Å²) in [6, 6.07) is 13.1. The number of carbonyl (C=O) groups is 1. The maximum Gasteiger partial charge on any atom is 0.387 e. The van der Waals surface area contributed by atoms with Gasteiger partial charge in [0.1, 0.15) is 5.75 Å². The number of para-hydroxylation sites is 2. The van der Waals surface area contributed by atoms with Crippen LogP contribution in [0.2, 0.25) is 0 Å². The van der Waals surface area contributed by atoms with Gasteiger partial charge in [0.25, 0.3) is 5.91 Å². The second kappa shape index (κ2) is 6.89. The second-order valence-corrected chi connectivity index (χ2v) is 4.77. The zero-order valence-electron chi connectivity index (χ0n) is 12.2. The fourth-order valence-corrected chi connectivity index (χ4v) is 1.89. The minimum atomic E-state index is -2.95. The number of nitrogens with one attached hydrogen (secondary N) is 1. The van der Waals surface area contributed by atoms with Crippen LogP contribution in [0.4, 0.5) is 20.2 Å². The Morgan fingerprint density at radius 1 is 1.14 bits per heavy atom. The van der Waals surface area contributed by atoms with E-state index in [1.807, 2.05) is 25.1 Å². The highest BCUT2D eigenvalue weighted by Crippen LogP contribution is 2.26. The van der Waals surface area contributed by atoms with Crippen molar-refractivity contribution in [2.24, 2.45) is 0 Å². The van der Waals surface area contributed by atoms with Crippen LogP contribution in [0.1, 0.15) is 10.4 Å². The van der Waals surface area contributed by atoms with Gasteiger partial charge in [-0.15, -0.1) is 0 Å². The molecule has 0 saturated heterocycles. The van der Waals surface area contributed by atoms with E-state index in [0.29, 0.717) is 5.56 Å². The second-order valence-electron chi connectivity index (χ2n) is 4.77. The average Bonchev–Trinajstić information content (AvgIpc) is 2.49. The molecule has 0 aliphatic carbocycles. The van der Waals surface area contributed by atoms with Gasteiger partial charge in [-0.05, 0) is 30.3 Å². The summed E-state index contributed by atoms with van der Waals surface area (Å²) in [5.41, 5.74) is 1.49. The Labute approximate surface area is 127 Å². The third-order valence-electron chi connectivity index (χ3n) is 2.98. The number of hydrogen-bond acceptors (Lipinski definition) is 3. The molecule has 0 aliphatic heterocycles. The van der Waals surface area contributed by atoms with Crippen molar-refractivity contribution in [3.63, 3.8) is 0 Å². The fourth-order valence-electron chi connectivity index (χ4n) is 1.89. The zero-order valence-corrected chi connectivity index (χ0v) is 12.2. The minimum absolute atomic E-state index is 0.0744. The molecule has 0 bridgehead atoms. The third kappa shape index (κ3) is 3.94. The molecule has 116 valence electrons. The smallest absolute Gasteiger partial charge is 0.387 e. The molecular formula is C16H16F2N2O2. The monoisotopic (exact) mass is 306 g/mol. The normalized spacial score (nSPS) is 10.4. The number of halogens is 2. The van der Waals surface area contributed by atoms with Crippen molar-refractivity contribution in [3.8, 4) is 5.75 Å². The summed E-state index contributed by atoms with van der Waals surface area (Å²) >= 11 is 0. The lowest BCUT2D eigenvalue weighted by atomic mass is 10.1. The number of alkyl halides is 2. The SMILES string of the molecule is CN(C)c1cccc(C(=O)Nc2ccccc2OC(F)F)c1. The number of benzene rings is 2. The number of anilines is 2. The molecule has 0 heterocycles. The first kappa shape index (κ1) is 15.8. The van der Waals surface area contributed by atoms with Gasteiger partial charge in [0, 0.05) is 25.3 Å². The van der Waals surface area contributed by atoms with Gasteiger partial charge in [-0.2, -0.15) is 8.78 Å². The molecule has 0 unspecified atom stereocenters. The molecule has 0 fully saturated rings. The van der Waals surface area contributed by atoms with Crippen LogP contribution in [0.15, 0.2) is 48.5 Å². The third-order valence-corrected chi connectivity index (χ3v) is 2.98. The van der Waals surface area contributed by atoms with Gasteiger partial charge < -0.3 is 15.0 Å². The van der Waals surface area contributed by atoms with Gasteiger partial charge in [0.15, 0.2) is 0 Å². The largest absolute Gasteiger partial charge is 0.433 e. The molecule has 0 aromatic heterocycles. The van der Waals surface area contributed by atoms with Gasteiger partial charge >= 0.3 is 6.61 Å². The van der Waals surface area contributed by atoms with Crippen LogP contribution in [0.5, 0.6) is 5.75 Å². The lowest BCUT2D eigenvalue weighted by molar-refractivity contribution is -0.0493. The molecule has 4 nitrogen and oxygen atoms in total. The fraction of sp³-hybridized carbons (Fsp3) is 0.188. The summed E-state index contributed by atoms with van der Waals surface area (Å²) in [6.07, 6.45) is 0. The van der Waals surface area contributed by atoms with E-state index in [0.717, 1.165) is 5.69 Å². The summed E-state index contributed by atoms with van der Waals surface area (Å²) in [6.45, 7) is -2.95. The van der Waals surface area contributed by atoms with Crippen LogP contribution >= 0.6 is 0 Å². The highest BCUT2D eigenvalue weighted by molar-refractivity contribution is 6.05. The van der Waals surface area contributed by atoms with Crippen LogP contribution in [-0.2, 0) is 0 Å². The maximum atomic E-state index is 12.4. The summed E-state index contributed by atoms with van der Waals surface area (Å²) < 4.78 is 29.1. The lowest BCUT2D eigenvalue weighted by Gasteiger charge is -2.14. The number of carbonyl (C=O) groups excluding carboxylic acids is 1. The highest BCUT2D eigenvalue weighted by Gasteiger charge is 2.13. The molecule has 6 heteroatoms. The van der Waals surface area contributed by atoms with E-state index < -0.39 is 12.5 Å². The van der Waals surface area contributed by atoms with Crippen LogP contribution in [0.3, 0.4) is 0 Å². The Kier molecular flexibility index (Phi) is 4.93. The number of amides is 1. The van der Waals surface area contributed by atoms with E-state index >= 15 is 0 Å². The first-order valence-electron chi connectivity index (χ1n) is 6.60. The summed E-state index contributed by atoms with van der Waals surface area (Å²) in [4.78, 5) is 14.1. The van der Waals surface area contributed by atoms with Crippen molar-refractivity contribution < 1.29 is 18.3 Å². The summed E-state index contributed by atoms with van der Waals surface area (Å²) in [7, 11) is 3.73. The number of nitrogens with zero attached hydrogens (tertiary/aromatic N) is 1. The molecular weight excluding hydrogens is 290 g/mol. The summed E-state index contributed by atoms with van der Waals surface area (Å²) in [5, 5.41) is 2.58. The number of hydrogen-bond donors (Lipinski definition) is 1. The molecule has 2 aromatic rings.